The van der Waals surface area contributed by atoms with Crippen LogP contribution in [0.2, 0.25) is 0 Å². The molecule has 1 amide bonds. The van der Waals surface area contributed by atoms with Crippen molar-refractivity contribution in [1.29, 1.82) is 0 Å². The van der Waals surface area contributed by atoms with E-state index in [1.54, 1.807) is 6.08 Å². The van der Waals surface area contributed by atoms with E-state index >= 15 is 0 Å². The van der Waals surface area contributed by atoms with Crippen LogP contribution in [-0.2, 0) is 14.3 Å². The van der Waals surface area contributed by atoms with Crippen LogP contribution in [0.3, 0.4) is 0 Å². The normalized spacial score (nSPS) is 12.5. The lowest BCUT2D eigenvalue weighted by molar-refractivity contribution is -0.143. The van der Waals surface area contributed by atoms with Crippen molar-refractivity contribution >= 4 is 11.9 Å². The van der Waals surface area contributed by atoms with E-state index in [1.165, 1.54) is 385 Å². The van der Waals surface area contributed by atoms with Gasteiger partial charge in [0.1, 0.15) is 0 Å². The Labute approximate surface area is 527 Å². The number of hydrogen-bond acceptors (Lipinski definition) is 5. The summed E-state index contributed by atoms with van der Waals surface area (Å²) in [6.45, 7) is 4.95. The summed E-state index contributed by atoms with van der Waals surface area (Å²) in [5, 5.41) is 23.2. The highest BCUT2D eigenvalue weighted by molar-refractivity contribution is 5.76. The van der Waals surface area contributed by atoms with Crippen LogP contribution in [0.5, 0.6) is 0 Å². The zero-order valence-corrected chi connectivity index (χ0v) is 57.4. The van der Waals surface area contributed by atoms with E-state index in [1.807, 2.05) is 6.08 Å². The molecule has 0 aromatic carbocycles. The summed E-state index contributed by atoms with van der Waals surface area (Å²) in [5.41, 5.74) is 0. The predicted molar refractivity (Wildman–Crippen MR) is 370 cm³/mol. The maximum atomic E-state index is 12.5. The second-order valence-corrected chi connectivity index (χ2v) is 27.1. The summed E-state index contributed by atoms with van der Waals surface area (Å²) >= 11 is 0. The molecular weight excluding hydrogens is 1030 g/mol. The van der Waals surface area contributed by atoms with Crippen LogP contribution >= 0.6 is 0 Å². The second kappa shape index (κ2) is 74.1. The van der Waals surface area contributed by atoms with Crippen molar-refractivity contribution in [2.24, 2.45) is 0 Å². The van der Waals surface area contributed by atoms with E-state index in [-0.39, 0.29) is 18.5 Å². The maximum Gasteiger partial charge on any atom is 0.305 e. The third-order valence-corrected chi connectivity index (χ3v) is 18.6. The lowest BCUT2D eigenvalue weighted by atomic mass is 10.0. The van der Waals surface area contributed by atoms with Gasteiger partial charge in [-0.15, -0.1) is 0 Å². The molecule has 0 fully saturated rings. The number of hydrogen-bond donors (Lipinski definition) is 3. The van der Waals surface area contributed by atoms with Crippen LogP contribution in [0.4, 0.5) is 0 Å². The van der Waals surface area contributed by atoms with Gasteiger partial charge < -0.3 is 20.3 Å². The standard InChI is InChI=1S/C78H153NO5/c1-3-5-7-9-11-13-15-17-43-47-50-54-58-62-66-70-76(81)75(74-80)79-77(82)71-67-63-59-55-51-48-44-41-39-37-35-33-31-29-27-25-23-21-19-18-20-22-24-26-28-30-32-34-36-38-40-42-45-49-53-57-61-65-69-73-84-78(83)72-68-64-60-56-52-46-16-14-12-10-8-6-4-2/h66,70,75-76,80-81H,3-65,67-69,71-74H2,1-2H3,(H,79,82)/b70-66+. The minimum Gasteiger partial charge on any atom is -0.466 e. The van der Waals surface area contributed by atoms with Gasteiger partial charge in [-0.1, -0.05) is 418 Å². The fourth-order valence-electron chi connectivity index (χ4n) is 12.6. The molecule has 6 heteroatoms. The van der Waals surface area contributed by atoms with Gasteiger partial charge in [0.05, 0.1) is 25.4 Å². The Kier molecular flexibility index (Phi) is 72.8. The predicted octanol–water partition coefficient (Wildman–Crippen LogP) is 25.5. The second-order valence-electron chi connectivity index (χ2n) is 27.1. The summed E-state index contributed by atoms with van der Waals surface area (Å²) in [6.07, 6.45) is 93.5. The highest BCUT2D eigenvalue weighted by Crippen LogP contribution is 2.20. The van der Waals surface area contributed by atoms with Crippen molar-refractivity contribution < 1.29 is 24.5 Å². The number of esters is 1. The first-order valence-electron chi connectivity index (χ1n) is 39.0. The van der Waals surface area contributed by atoms with Crippen molar-refractivity contribution in [3.8, 4) is 0 Å². The molecule has 0 saturated heterocycles. The van der Waals surface area contributed by atoms with E-state index in [2.05, 4.69) is 19.2 Å². The summed E-state index contributed by atoms with van der Waals surface area (Å²) in [6, 6.07) is -0.622. The molecule has 0 aliphatic rings. The molecule has 0 heterocycles. The highest BCUT2D eigenvalue weighted by atomic mass is 16.5. The summed E-state index contributed by atoms with van der Waals surface area (Å²) in [5.74, 6) is -0.0321. The van der Waals surface area contributed by atoms with Crippen molar-refractivity contribution in [2.75, 3.05) is 13.2 Å². The van der Waals surface area contributed by atoms with E-state index in [0.717, 1.165) is 38.5 Å². The molecule has 0 radical (unpaired) electrons. The topological polar surface area (TPSA) is 95.9 Å². The average Bonchev–Trinajstić information content (AvgIpc) is 3.51. The number of nitrogens with one attached hydrogen (secondary N) is 1. The molecule has 0 aliphatic carbocycles. The number of amides is 1. The van der Waals surface area contributed by atoms with Crippen LogP contribution in [0, 0.1) is 0 Å². The largest absolute Gasteiger partial charge is 0.466 e. The van der Waals surface area contributed by atoms with Crippen molar-refractivity contribution in [3.63, 3.8) is 0 Å². The van der Waals surface area contributed by atoms with Gasteiger partial charge in [0.2, 0.25) is 5.91 Å². The Morgan fingerprint density at radius 3 is 0.810 bits per heavy atom. The Balaban J connectivity index is 3.29. The van der Waals surface area contributed by atoms with Gasteiger partial charge >= 0.3 is 5.97 Å². The minimum atomic E-state index is -0.839. The Morgan fingerprint density at radius 1 is 0.321 bits per heavy atom. The molecule has 2 atom stereocenters. The summed E-state index contributed by atoms with van der Waals surface area (Å²) in [4.78, 5) is 24.6. The molecule has 0 saturated carbocycles. The van der Waals surface area contributed by atoms with Crippen molar-refractivity contribution in [3.05, 3.63) is 12.2 Å². The average molecular weight is 1190 g/mol. The number of carbonyl (C=O) groups excluding carboxylic acids is 2. The van der Waals surface area contributed by atoms with Crippen molar-refractivity contribution in [1.82, 2.24) is 5.32 Å². The number of aliphatic hydroxyl groups is 2. The third-order valence-electron chi connectivity index (χ3n) is 18.6. The van der Waals surface area contributed by atoms with Crippen LogP contribution in [0.25, 0.3) is 0 Å². The van der Waals surface area contributed by atoms with Crippen LogP contribution < -0.4 is 5.32 Å². The molecule has 0 spiro atoms. The number of ether oxygens (including phenoxy) is 1. The number of aliphatic hydroxyl groups excluding tert-OH is 2. The Hall–Kier alpha value is -1.40. The van der Waals surface area contributed by atoms with E-state index < -0.39 is 12.1 Å². The van der Waals surface area contributed by atoms with Gasteiger partial charge in [-0.05, 0) is 32.1 Å². The highest BCUT2D eigenvalue weighted by Gasteiger charge is 2.18. The van der Waals surface area contributed by atoms with Gasteiger partial charge in [-0.3, -0.25) is 9.59 Å². The number of carbonyl (C=O) groups is 2. The molecule has 6 nitrogen and oxygen atoms in total. The molecule has 3 N–H and O–H groups in total. The molecule has 0 rings (SSSR count). The van der Waals surface area contributed by atoms with Gasteiger partial charge in [0, 0.05) is 12.8 Å². The first-order valence-corrected chi connectivity index (χ1v) is 39.0. The van der Waals surface area contributed by atoms with E-state index in [0.29, 0.717) is 19.4 Å². The molecule has 500 valence electrons. The lowest BCUT2D eigenvalue weighted by Crippen LogP contribution is -2.45. The van der Waals surface area contributed by atoms with Gasteiger partial charge in [0.15, 0.2) is 0 Å². The zero-order chi connectivity index (χ0) is 60.6. The van der Waals surface area contributed by atoms with Crippen LogP contribution in [0.15, 0.2) is 12.2 Å². The lowest BCUT2D eigenvalue weighted by Gasteiger charge is -2.20. The number of rotatable bonds is 74. The van der Waals surface area contributed by atoms with Gasteiger partial charge in [-0.25, -0.2) is 0 Å². The summed E-state index contributed by atoms with van der Waals surface area (Å²) in [7, 11) is 0. The summed E-state index contributed by atoms with van der Waals surface area (Å²) < 4.78 is 5.50. The monoisotopic (exact) mass is 1180 g/mol. The molecule has 84 heavy (non-hydrogen) atoms. The maximum absolute atomic E-state index is 12.5. The van der Waals surface area contributed by atoms with Crippen LogP contribution in [-0.4, -0.2) is 47.4 Å². The molecule has 0 aromatic rings. The van der Waals surface area contributed by atoms with E-state index in [9.17, 15) is 19.8 Å². The minimum absolute atomic E-state index is 0.0264. The number of unbranched alkanes of at least 4 members (excludes halogenated alkanes) is 63. The molecule has 0 bridgehead atoms. The molecule has 0 aliphatic heterocycles. The Morgan fingerprint density at radius 2 is 0.548 bits per heavy atom. The third kappa shape index (κ3) is 69.7. The van der Waals surface area contributed by atoms with E-state index in [4.69, 9.17) is 4.74 Å². The quantitative estimate of drug-likeness (QED) is 0.0320. The SMILES string of the molecule is CCCCCCCCCCCCCCC/C=C/C(O)C(CO)NC(=O)CCCCCCCCCCCCCCCCCCCCCCCCCCCCCCCCCCCCCCCCCOC(=O)CCCCCCCCCCCCCCC. The Bertz CT molecular complexity index is 1270. The number of allylic oxidation sites excluding steroid dienone is 1. The zero-order valence-electron chi connectivity index (χ0n) is 57.4. The fourth-order valence-corrected chi connectivity index (χ4v) is 12.6. The molecular formula is C78H153NO5. The fraction of sp³-hybridized carbons (Fsp3) is 0.949. The molecule has 2 unspecified atom stereocenters. The van der Waals surface area contributed by atoms with Crippen LogP contribution in [0.1, 0.15) is 450 Å². The van der Waals surface area contributed by atoms with Crippen molar-refractivity contribution in [2.45, 2.75) is 463 Å². The first-order chi connectivity index (χ1) is 41.5. The smallest absolute Gasteiger partial charge is 0.305 e. The molecule has 0 aromatic heterocycles. The van der Waals surface area contributed by atoms with Gasteiger partial charge in [0.25, 0.3) is 0 Å². The van der Waals surface area contributed by atoms with Gasteiger partial charge in [-0.2, -0.15) is 0 Å². The first kappa shape index (κ1) is 82.6.